The van der Waals surface area contributed by atoms with E-state index in [1.807, 2.05) is 6.07 Å². The molecule has 1 N–H and O–H groups in total. The molecule has 0 atom stereocenters. The number of halogens is 1. The highest BCUT2D eigenvalue weighted by atomic mass is 79.9. The fraction of sp³-hybridized carbons (Fsp3) is 0.455. The number of carbonyl (C=O) groups is 2. The van der Waals surface area contributed by atoms with Crippen molar-refractivity contribution in [1.82, 2.24) is 10.2 Å². The molecule has 1 aliphatic heterocycles. The Morgan fingerprint density at radius 2 is 2.24 bits per heavy atom. The lowest BCUT2D eigenvalue weighted by atomic mass is 10.3. The second kappa shape index (κ2) is 5.64. The van der Waals surface area contributed by atoms with Crippen LogP contribution in [0.3, 0.4) is 0 Å². The van der Waals surface area contributed by atoms with Gasteiger partial charge in [-0.2, -0.15) is 0 Å². The van der Waals surface area contributed by atoms with E-state index in [1.54, 1.807) is 16.2 Å². The molecule has 0 saturated carbocycles. The summed E-state index contributed by atoms with van der Waals surface area (Å²) in [5, 5.41) is 2.59. The molecule has 1 aliphatic rings. The Labute approximate surface area is 112 Å². The Morgan fingerprint density at radius 3 is 2.94 bits per heavy atom. The van der Waals surface area contributed by atoms with Crippen molar-refractivity contribution >= 4 is 39.1 Å². The molecule has 1 fully saturated rings. The zero-order valence-corrected chi connectivity index (χ0v) is 11.6. The molecule has 1 aromatic heterocycles. The smallest absolute Gasteiger partial charge is 0.241 e. The predicted molar refractivity (Wildman–Crippen MR) is 69.9 cm³/mol. The number of hydrogen-bond acceptors (Lipinski definition) is 3. The molecule has 2 amide bonds. The minimum Gasteiger partial charge on any atom is -0.347 e. The van der Waals surface area contributed by atoms with Gasteiger partial charge in [-0.05, 0) is 34.5 Å². The van der Waals surface area contributed by atoms with Gasteiger partial charge in [0, 0.05) is 24.4 Å². The number of carbonyl (C=O) groups excluding carboxylic acids is 2. The maximum absolute atomic E-state index is 11.7. The third-order valence-corrected chi connectivity index (χ3v) is 4.34. The quantitative estimate of drug-likeness (QED) is 0.916. The molecule has 1 aromatic rings. The fourth-order valence-electron chi connectivity index (χ4n) is 1.70. The molecule has 4 nitrogen and oxygen atoms in total. The van der Waals surface area contributed by atoms with Crippen LogP contribution in [0.15, 0.2) is 15.9 Å². The molecule has 1 saturated heterocycles. The second-order valence-corrected chi connectivity index (χ2v) is 6.41. The van der Waals surface area contributed by atoms with E-state index >= 15 is 0 Å². The molecule has 0 radical (unpaired) electrons. The van der Waals surface area contributed by atoms with Crippen LogP contribution < -0.4 is 5.32 Å². The van der Waals surface area contributed by atoms with Crippen molar-refractivity contribution in [2.45, 2.75) is 12.8 Å². The molecule has 92 valence electrons. The number of amides is 2. The molecule has 0 bridgehead atoms. The Balaban J connectivity index is 1.89. The summed E-state index contributed by atoms with van der Waals surface area (Å²) < 4.78 is 1.10. The average molecular weight is 317 g/mol. The summed E-state index contributed by atoms with van der Waals surface area (Å²) in [6.07, 6.45) is 1.25. The van der Waals surface area contributed by atoms with Gasteiger partial charge in [-0.3, -0.25) is 9.59 Å². The van der Waals surface area contributed by atoms with Gasteiger partial charge < -0.3 is 10.2 Å². The van der Waals surface area contributed by atoms with E-state index in [0.717, 1.165) is 10.2 Å². The number of thiophene rings is 1. The number of rotatable bonds is 3. The first-order valence-electron chi connectivity index (χ1n) is 5.44. The molecule has 0 unspecified atom stereocenters. The highest BCUT2D eigenvalue weighted by Crippen LogP contribution is 2.22. The van der Waals surface area contributed by atoms with Crippen LogP contribution in [0.1, 0.15) is 11.3 Å². The van der Waals surface area contributed by atoms with E-state index in [9.17, 15) is 9.59 Å². The first kappa shape index (κ1) is 12.6. The molecule has 2 rings (SSSR count). The molecule has 0 spiro atoms. The zero-order chi connectivity index (χ0) is 12.3. The lowest BCUT2D eigenvalue weighted by molar-refractivity contribution is -0.130. The summed E-state index contributed by atoms with van der Waals surface area (Å²) in [5.74, 6) is -0.0359. The van der Waals surface area contributed by atoms with Crippen LogP contribution in [0.5, 0.6) is 0 Å². The summed E-state index contributed by atoms with van der Waals surface area (Å²) in [4.78, 5) is 25.8. The fourth-order valence-corrected chi connectivity index (χ4v) is 3.18. The number of hydrogen-bond donors (Lipinski definition) is 1. The normalized spacial score (nSPS) is 16.9. The van der Waals surface area contributed by atoms with E-state index in [-0.39, 0.29) is 18.4 Å². The van der Waals surface area contributed by atoms with Crippen molar-refractivity contribution in [3.63, 3.8) is 0 Å². The Bertz CT molecular complexity index is 433. The predicted octanol–water partition coefficient (Wildman–Crippen LogP) is 1.40. The third kappa shape index (κ3) is 3.54. The molecular weight excluding hydrogens is 304 g/mol. The van der Waals surface area contributed by atoms with Crippen molar-refractivity contribution in [2.75, 3.05) is 19.6 Å². The Kier molecular flexibility index (Phi) is 4.17. The summed E-state index contributed by atoms with van der Waals surface area (Å²) in [5.41, 5.74) is 0. The summed E-state index contributed by atoms with van der Waals surface area (Å²) in [6, 6.07) is 4.07. The highest BCUT2D eigenvalue weighted by molar-refractivity contribution is 9.11. The van der Waals surface area contributed by atoms with Crippen LogP contribution in [0.4, 0.5) is 0 Å². The number of nitrogens with zero attached hydrogens (tertiary/aromatic N) is 1. The van der Waals surface area contributed by atoms with Crippen molar-refractivity contribution in [3.05, 3.63) is 20.8 Å². The summed E-state index contributed by atoms with van der Waals surface area (Å²) >= 11 is 5.09. The maximum atomic E-state index is 11.7. The van der Waals surface area contributed by atoms with Gasteiger partial charge in [0.05, 0.1) is 10.3 Å². The van der Waals surface area contributed by atoms with Gasteiger partial charge in [-0.15, -0.1) is 11.3 Å². The van der Waals surface area contributed by atoms with Crippen LogP contribution in [-0.4, -0.2) is 36.3 Å². The maximum Gasteiger partial charge on any atom is 0.241 e. The van der Waals surface area contributed by atoms with Gasteiger partial charge >= 0.3 is 0 Å². The van der Waals surface area contributed by atoms with Crippen molar-refractivity contribution < 1.29 is 9.59 Å². The third-order valence-electron chi connectivity index (χ3n) is 2.66. The first-order chi connectivity index (χ1) is 8.15. The van der Waals surface area contributed by atoms with Crippen LogP contribution in [-0.2, 0) is 16.0 Å². The molecule has 17 heavy (non-hydrogen) atoms. The van der Waals surface area contributed by atoms with Gasteiger partial charge in [0.15, 0.2) is 0 Å². The van der Waals surface area contributed by atoms with Crippen molar-refractivity contribution in [1.29, 1.82) is 0 Å². The largest absolute Gasteiger partial charge is 0.347 e. The molecular formula is C11H13BrN2O2S. The lowest BCUT2D eigenvalue weighted by Gasteiger charge is -2.18. The highest BCUT2D eigenvalue weighted by Gasteiger charge is 2.19. The van der Waals surface area contributed by atoms with Crippen LogP contribution in [0.25, 0.3) is 0 Å². The van der Waals surface area contributed by atoms with E-state index in [4.69, 9.17) is 0 Å². The van der Waals surface area contributed by atoms with E-state index in [0.29, 0.717) is 19.5 Å². The molecule has 2 heterocycles. The minimum atomic E-state index is -0.0419. The topological polar surface area (TPSA) is 49.4 Å². The minimum absolute atomic E-state index is 0.00599. The molecule has 0 aromatic carbocycles. The van der Waals surface area contributed by atoms with E-state index < -0.39 is 0 Å². The van der Waals surface area contributed by atoms with Crippen LogP contribution >= 0.6 is 27.3 Å². The van der Waals surface area contributed by atoms with Gasteiger partial charge in [0.2, 0.25) is 11.8 Å². The van der Waals surface area contributed by atoms with Crippen LogP contribution in [0, 0.1) is 0 Å². The standard InChI is InChI=1S/C11H13BrN2O2S/c12-9-2-1-8(17-9)3-5-14-6-4-10(15)13-7-11(14)16/h1-2H,3-7H2,(H,13,15). The lowest BCUT2D eigenvalue weighted by Crippen LogP contribution is -2.36. The van der Waals surface area contributed by atoms with Gasteiger partial charge in [0.25, 0.3) is 0 Å². The average Bonchev–Trinajstić information content (AvgIpc) is 2.64. The molecule has 6 heteroatoms. The van der Waals surface area contributed by atoms with Gasteiger partial charge in [0.1, 0.15) is 0 Å². The second-order valence-electron chi connectivity index (χ2n) is 3.86. The SMILES string of the molecule is O=C1CCN(CCc2ccc(Br)s2)C(=O)CN1. The molecule has 0 aliphatic carbocycles. The van der Waals surface area contributed by atoms with Gasteiger partial charge in [-0.1, -0.05) is 0 Å². The van der Waals surface area contributed by atoms with Gasteiger partial charge in [-0.25, -0.2) is 0 Å². The first-order valence-corrected chi connectivity index (χ1v) is 7.05. The Morgan fingerprint density at radius 1 is 1.41 bits per heavy atom. The zero-order valence-electron chi connectivity index (χ0n) is 9.24. The monoisotopic (exact) mass is 316 g/mol. The van der Waals surface area contributed by atoms with Crippen molar-refractivity contribution in [2.24, 2.45) is 0 Å². The Hall–Kier alpha value is -0.880. The number of nitrogens with one attached hydrogen (secondary N) is 1. The van der Waals surface area contributed by atoms with Crippen LogP contribution in [0.2, 0.25) is 0 Å². The van der Waals surface area contributed by atoms with Crippen molar-refractivity contribution in [3.8, 4) is 0 Å². The van der Waals surface area contributed by atoms with E-state index in [1.165, 1.54) is 4.88 Å². The van der Waals surface area contributed by atoms with E-state index in [2.05, 4.69) is 27.3 Å². The summed E-state index contributed by atoms with van der Waals surface area (Å²) in [7, 11) is 0. The summed E-state index contributed by atoms with van der Waals surface area (Å²) in [6.45, 7) is 1.34.